The van der Waals surface area contributed by atoms with Crippen LogP contribution >= 0.6 is 0 Å². The maximum atomic E-state index is 11.9. The largest absolute Gasteiger partial charge is 0.378 e. The van der Waals surface area contributed by atoms with Gasteiger partial charge >= 0.3 is 5.97 Å². The second-order valence-electron chi connectivity index (χ2n) is 6.56. The van der Waals surface area contributed by atoms with E-state index in [1.807, 2.05) is 60.0 Å². The van der Waals surface area contributed by atoms with Crippen molar-refractivity contribution in [1.82, 2.24) is 0 Å². The third-order valence-electron chi connectivity index (χ3n) is 3.47. The summed E-state index contributed by atoms with van der Waals surface area (Å²) in [4.78, 5) is 18.8. The van der Waals surface area contributed by atoms with Gasteiger partial charge in [0.2, 0.25) is 0 Å². The van der Waals surface area contributed by atoms with Crippen molar-refractivity contribution in [2.24, 2.45) is 10.6 Å². The topological polar surface area (TPSA) is 41.9 Å². The van der Waals surface area contributed by atoms with Gasteiger partial charge in [-0.1, -0.05) is 32.0 Å². The number of aryl methyl sites for hydroxylation is 1. The maximum Gasteiger partial charge on any atom is 0.367 e. The van der Waals surface area contributed by atoms with E-state index in [0.717, 1.165) is 16.8 Å². The van der Waals surface area contributed by atoms with E-state index in [2.05, 4.69) is 16.1 Å². The molecule has 0 aromatic heterocycles. The normalized spacial score (nSPS) is 17.0. The van der Waals surface area contributed by atoms with E-state index in [0.29, 0.717) is 11.3 Å². The zero-order valence-corrected chi connectivity index (χ0v) is 13.5. The predicted molar refractivity (Wildman–Crippen MR) is 86.5 cm³/mol. The first-order valence-corrected chi connectivity index (χ1v) is 7.00. The SMILES string of the molecule is Cc1cc(N(C)C)ccc1C=C1C(=O)ON=C1C(C)(C)C. The Labute approximate surface area is 126 Å². The first kappa shape index (κ1) is 15.3. The van der Waals surface area contributed by atoms with E-state index >= 15 is 0 Å². The van der Waals surface area contributed by atoms with Crippen LogP contribution in [0.25, 0.3) is 6.08 Å². The van der Waals surface area contributed by atoms with Crippen LogP contribution in [-0.2, 0) is 9.63 Å². The van der Waals surface area contributed by atoms with Crippen molar-refractivity contribution in [1.29, 1.82) is 0 Å². The van der Waals surface area contributed by atoms with Crippen molar-refractivity contribution in [2.75, 3.05) is 19.0 Å². The Morgan fingerprint density at radius 1 is 1.24 bits per heavy atom. The lowest BCUT2D eigenvalue weighted by Crippen LogP contribution is -2.22. The van der Waals surface area contributed by atoms with Gasteiger partial charge < -0.3 is 9.74 Å². The van der Waals surface area contributed by atoms with Crippen molar-refractivity contribution in [3.05, 3.63) is 34.9 Å². The van der Waals surface area contributed by atoms with Gasteiger partial charge in [0.05, 0.1) is 5.57 Å². The highest BCUT2D eigenvalue weighted by molar-refractivity contribution is 6.26. The third kappa shape index (κ3) is 3.15. The predicted octanol–water partition coefficient (Wildman–Crippen LogP) is 3.40. The molecule has 0 amide bonds. The highest BCUT2D eigenvalue weighted by Gasteiger charge is 2.33. The summed E-state index contributed by atoms with van der Waals surface area (Å²) in [6.45, 7) is 8.09. The second-order valence-corrected chi connectivity index (χ2v) is 6.56. The van der Waals surface area contributed by atoms with Crippen molar-refractivity contribution in [3.63, 3.8) is 0 Å². The van der Waals surface area contributed by atoms with Gasteiger partial charge in [0.1, 0.15) is 5.71 Å². The van der Waals surface area contributed by atoms with Crippen molar-refractivity contribution >= 4 is 23.4 Å². The van der Waals surface area contributed by atoms with Gasteiger partial charge in [-0.05, 0) is 36.3 Å². The summed E-state index contributed by atoms with van der Waals surface area (Å²) in [5, 5.41) is 3.93. The summed E-state index contributed by atoms with van der Waals surface area (Å²) in [5.74, 6) is -0.379. The summed E-state index contributed by atoms with van der Waals surface area (Å²) in [7, 11) is 4.01. The lowest BCUT2D eigenvalue weighted by atomic mass is 9.85. The second kappa shape index (κ2) is 5.35. The summed E-state index contributed by atoms with van der Waals surface area (Å²) in [5.41, 5.74) is 4.27. The highest BCUT2D eigenvalue weighted by Crippen LogP contribution is 2.29. The maximum absolute atomic E-state index is 11.9. The van der Waals surface area contributed by atoms with Crippen LogP contribution in [0.1, 0.15) is 31.9 Å². The molecule has 0 radical (unpaired) electrons. The Morgan fingerprint density at radius 2 is 1.90 bits per heavy atom. The Morgan fingerprint density at radius 3 is 2.43 bits per heavy atom. The average Bonchev–Trinajstić information content (AvgIpc) is 2.73. The van der Waals surface area contributed by atoms with Crippen LogP contribution in [-0.4, -0.2) is 25.8 Å². The molecule has 0 unspecified atom stereocenters. The smallest absolute Gasteiger partial charge is 0.367 e. The number of anilines is 1. The molecule has 0 N–H and O–H groups in total. The molecule has 1 aliphatic heterocycles. The molecule has 0 saturated carbocycles. The molecule has 21 heavy (non-hydrogen) atoms. The minimum atomic E-state index is -0.379. The van der Waals surface area contributed by atoms with Crippen LogP contribution in [0.5, 0.6) is 0 Å². The van der Waals surface area contributed by atoms with Gasteiger partial charge in [-0.2, -0.15) is 0 Å². The van der Waals surface area contributed by atoms with Gasteiger partial charge in [-0.3, -0.25) is 0 Å². The number of carbonyl (C=O) groups is 1. The van der Waals surface area contributed by atoms with E-state index in [-0.39, 0.29) is 11.4 Å². The first-order valence-electron chi connectivity index (χ1n) is 7.00. The molecular formula is C17H22N2O2. The van der Waals surface area contributed by atoms with Gasteiger partial charge in [0.15, 0.2) is 0 Å². The molecule has 4 heteroatoms. The van der Waals surface area contributed by atoms with Gasteiger partial charge in [0.25, 0.3) is 0 Å². The molecule has 0 fully saturated rings. The number of hydrogen-bond donors (Lipinski definition) is 0. The number of benzene rings is 1. The number of carbonyl (C=O) groups excluding carboxylic acids is 1. The van der Waals surface area contributed by atoms with E-state index in [4.69, 9.17) is 4.84 Å². The van der Waals surface area contributed by atoms with Crippen LogP contribution in [0.2, 0.25) is 0 Å². The zero-order valence-electron chi connectivity index (χ0n) is 13.5. The molecule has 0 aliphatic carbocycles. The van der Waals surface area contributed by atoms with Crippen LogP contribution in [0.15, 0.2) is 28.9 Å². The average molecular weight is 286 g/mol. The van der Waals surface area contributed by atoms with E-state index in [9.17, 15) is 4.79 Å². The quantitative estimate of drug-likeness (QED) is 0.618. The van der Waals surface area contributed by atoms with Gasteiger partial charge in [-0.15, -0.1) is 0 Å². The Balaban J connectivity index is 2.43. The number of oxime groups is 1. The molecular weight excluding hydrogens is 264 g/mol. The summed E-state index contributed by atoms with van der Waals surface area (Å²) in [6, 6.07) is 6.15. The van der Waals surface area contributed by atoms with Crippen LogP contribution < -0.4 is 4.90 Å². The van der Waals surface area contributed by atoms with Gasteiger partial charge in [0, 0.05) is 25.2 Å². The Hall–Kier alpha value is -2.10. The van der Waals surface area contributed by atoms with E-state index in [1.165, 1.54) is 0 Å². The molecule has 0 atom stereocenters. The first-order chi connectivity index (χ1) is 9.70. The molecule has 1 aliphatic rings. The fourth-order valence-corrected chi connectivity index (χ4v) is 2.21. The molecule has 0 saturated heterocycles. The number of nitrogens with zero attached hydrogens (tertiary/aromatic N) is 2. The molecule has 0 bridgehead atoms. The third-order valence-corrected chi connectivity index (χ3v) is 3.47. The van der Waals surface area contributed by atoms with Crippen LogP contribution in [0, 0.1) is 12.3 Å². The van der Waals surface area contributed by atoms with Crippen LogP contribution in [0.4, 0.5) is 5.69 Å². The number of hydrogen-bond acceptors (Lipinski definition) is 4. The minimum absolute atomic E-state index is 0.227. The lowest BCUT2D eigenvalue weighted by molar-refractivity contribution is -0.136. The summed E-state index contributed by atoms with van der Waals surface area (Å²) in [6.07, 6.45) is 1.87. The Kier molecular flexibility index (Phi) is 3.90. The standard InChI is InChI=1S/C17H22N2O2/c1-11-9-13(19(5)6)8-7-12(11)10-14-15(17(2,3)4)18-21-16(14)20/h7-10H,1-6H3. The number of rotatable bonds is 2. The fraction of sp³-hybridized carbons (Fsp3) is 0.412. The van der Waals surface area contributed by atoms with Crippen LogP contribution in [0.3, 0.4) is 0 Å². The summed E-state index contributed by atoms with van der Waals surface area (Å²) < 4.78 is 0. The molecule has 2 rings (SSSR count). The van der Waals surface area contributed by atoms with E-state index in [1.54, 1.807) is 0 Å². The summed E-state index contributed by atoms with van der Waals surface area (Å²) >= 11 is 0. The molecule has 0 spiro atoms. The van der Waals surface area contributed by atoms with E-state index < -0.39 is 0 Å². The zero-order chi connectivity index (χ0) is 15.8. The fourth-order valence-electron chi connectivity index (χ4n) is 2.21. The minimum Gasteiger partial charge on any atom is -0.378 e. The van der Waals surface area contributed by atoms with Crippen molar-refractivity contribution < 1.29 is 9.63 Å². The molecule has 1 heterocycles. The molecule has 1 aromatic rings. The highest BCUT2D eigenvalue weighted by atomic mass is 16.7. The molecule has 112 valence electrons. The molecule has 4 nitrogen and oxygen atoms in total. The van der Waals surface area contributed by atoms with Crippen molar-refractivity contribution in [3.8, 4) is 0 Å². The molecule has 1 aromatic carbocycles. The Bertz CT molecular complexity index is 635. The van der Waals surface area contributed by atoms with Crippen molar-refractivity contribution in [2.45, 2.75) is 27.7 Å². The lowest BCUT2D eigenvalue weighted by Gasteiger charge is -2.17. The monoisotopic (exact) mass is 286 g/mol. The van der Waals surface area contributed by atoms with Gasteiger partial charge in [-0.25, -0.2) is 4.79 Å².